The molecular formula is C57H50IrN5. The van der Waals surface area contributed by atoms with Crippen LogP contribution in [0.15, 0.2) is 195 Å². The molecule has 5 aromatic carbocycles. The average Bonchev–Trinajstić information content (AvgIpc) is 3.33. The Morgan fingerprint density at radius 3 is 1.06 bits per heavy atom. The Bertz CT molecular complexity index is 2510. The van der Waals surface area contributed by atoms with E-state index >= 15 is 0 Å². The van der Waals surface area contributed by atoms with Crippen molar-refractivity contribution < 1.29 is 20.1 Å². The molecule has 9 rings (SSSR count). The Hall–Kier alpha value is -6.72. The van der Waals surface area contributed by atoms with Crippen molar-refractivity contribution >= 4 is 0 Å². The van der Waals surface area contributed by atoms with Gasteiger partial charge in [-0.3, -0.25) is 0 Å². The standard InChI is InChI=1S/C35H34N3.2C11H8N.Ir/c1-34(2,3)28-17-12-25(13-18-28)31-22-32(26-14-19-29(20-15-26)35(4,5)6)38-33(37-31)27-16-21-30(36-23-27)24-10-8-7-9-11-24;2*1-2-6-10(7-3-1)11-8-4-5-9-12-11;/h7-10,12-23H,1-6H3;2*1-6,8-9H;/q3*-1;+3. The van der Waals surface area contributed by atoms with Crippen LogP contribution in [0.5, 0.6) is 0 Å². The molecule has 0 N–H and O–H groups in total. The first-order chi connectivity index (χ1) is 30.0. The molecule has 0 saturated heterocycles. The number of aromatic nitrogens is 5. The van der Waals surface area contributed by atoms with E-state index in [1.54, 1.807) is 12.4 Å². The molecule has 9 aromatic rings. The van der Waals surface area contributed by atoms with Gasteiger partial charge in [0.15, 0.2) is 5.82 Å². The summed E-state index contributed by atoms with van der Waals surface area (Å²) in [5, 5.41) is 0. The third-order valence-corrected chi connectivity index (χ3v) is 10.1. The summed E-state index contributed by atoms with van der Waals surface area (Å²) < 4.78 is 0. The number of benzene rings is 5. The molecule has 4 aromatic heterocycles. The van der Waals surface area contributed by atoms with Crippen LogP contribution in [-0.4, -0.2) is 24.9 Å². The molecule has 0 saturated carbocycles. The molecule has 0 radical (unpaired) electrons. The molecule has 0 spiro atoms. The first kappa shape index (κ1) is 45.8. The van der Waals surface area contributed by atoms with Gasteiger partial charge in [-0.1, -0.05) is 126 Å². The minimum atomic E-state index is 0. The summed E-state index contributed by atoms with van der Waals surface area (Å²) in [6, 6.07) is 68.3. The molecule has 6 heteroatoms. The van der Waals surface area contributed by atoms with Crippen LogP contribution in [-0.2, 0) is 30.9 Å². The van der Waals surface area contributed by atoms with Crippen LogP contribution in [0.4, 0.5) is 0 Å². The summed E-state index contributed by atoms with van der Waals surface area (Å²) in [6.45, 7) is 13.4. The molecular weight excluding hydrogens is 947 g/mol. The first-order valence-electron chi connectivity index (χ1n) is 20.8. The molecule has 0 aliphatic rings. The zero-order chi connectivity index (χ0) is 43.4. The zero-order valence-electron chi connectivity index (χ0n) is 36.5. The van der Waals surface area contributed by atoms with Crippen LogP contribution in [0, 0.1) is 18.2 Å². The van der Waals surface area contributed by atoms with Gasteiger partial charge in [-0.25, -0.2) is 9.97 Å². The van der Waals surface area contributed by atoms with Gasteiger partial charge in [0, 0.05) is 35.3 Å². The van der Waals surface area contributed by atoms with Gasteiger partial charge in [0.25, 0.3) is 0 Å². The zero-order valence-corrected chi connectivity index (χ0v) is 38.9. The molecule has 0 aliphatic heterocycles. The van der Waals surface area contributed by atoms with E-state index in [-0.39, 0.29) is 30.9 Å². The molecule has 0 unspecified atom stereocenters. The maximum Gasteiger partial charge on any atom is 3.00 e. The van der Waals surface area contributed by atoms with Crippen molar-refractivity contribution in [3.8, 4) is 67.7 Å². The van der Waals surface area contributed by atoms with Crippen molar-refractivity contribution in [3.05, 3.63) is 224 Å². The fourth-order valence-corrected chi connectivity index (χ4v) is 6.54. The summed E-state index contributed by atoms with van der Waals surface area (Å²) in [6.07, 6.45) is 5.43. The van der Waals surface area contributed by atoms with Gasteiger partial charge < -0.3 is 15.0 Å². The van der Waals surface area contributed by atoms with Crippen molar-refractivity contribution in [2.45, 2.75) is 52.4 Å². The second kappa shape index (κ2) is 21.4. The second-order valence-electron chi connectivity index (χ2n) is 16.8. The van der Waals surface area contributed by atoms with Gasteiger partial charge >= 0.3 is 20.1 Å². The van der Waals surface area contributed by atoms with Gasteiger partial charge in [0.2, 0.25) is 0 Å². The maximum atomic E-state index is 4.99. The van der Waals surface area contributed by atoms with E-state index in [9.17, 15) is 0 Å². The molecule has 0 aliphatic carbocycles. The monoisotopic (exact) mass is 997 g/mol. The minimum absolute atomic E-state index is 0. The summed E-state index contributed by atoms with van der Waals surface area (Å²) in [4.78, 5) is 23.1. The van der Waals surface area contributed by atoms with E-state index in [0.717, 1.165) is 61.9 Å². The van der Waals surface area contributed by atoms with E-state index < -0.39 is 0 Å². The molecule has 0 amide bonds. The van der Waals surface area contributed by atoms with Gasteiger partial charge in [0.05, 0.1) is 11.4 Å². The number of hydrogen-bond acceptors (Lipinski definition) is 5. The molecule has 5 nitrogen and oxygen atoms in total. The van der Waals surface area contributed by atoms with Crippen molar-refractivity contribution in [1.29, 1.82) is 0 Å². The predicted octanol–water partition coefficient (Wildman–Crippen LogP) is 14.0. The quantitative estimate of drug-likeness (QED) is 0.155. The SMILES string of the molecule is CC(C)(C)c1ccc(-c2cc(-c3ccc(C(C)(C)C)cc3)nc(-c3ccc(-c4[c-]cccc4)nc3)n2)cc1.[Ir+3].[c-]1ccccc1-c1ccccn1.[c-]1ccccc1-c1ccccn1. The van der Waals surface area contributed by atoms with Gasteiger partial charge in [-0.15, -0.1) is 108 Å². The number of nitrogens with zero attached hydrogens (tertiary/aromatic N) is 5. The van der Waals surface area contributed by atoms with Crippen LogP contribution in [0.3, 0.4) is 0 Å². The van der Waals surface area contributed by atoms with Crippen molar-refractivity contribution in [1.82, 2.24) is 24.9 Å². The van der Waals surface area contributed by atoms with Crippen LogP contribution in [0.25, 0.3) is 67.7 Å². The smallest absolute Gasteiger partial charge is 0.305 e. The predicted molar refractivity (Wildman–Crippen MR) is 255 cm³/mol. The summed E-state index contributed by atoms with van der Waals surface area (Å²) in [5.41, 5.74) is 13.5. The third kappa shape index (κ3) is 12.7. The normalized spacial score (nSPS) is 10.9. The number of rotatable bonds is 6. The summed E-state index contributed by atoms with van der Waals surface area (Å²) >= 11 is 0. The molecule has 0 fully saturated rings. The first-order valence-corrected chi connectivity index (χ1v) is 20.8. The Balaban J connectivity index is 0.000000213. The fraction of sp³-hybridized carbons (Fsp3) is 0.140. The molecule has 4 heterocycles. The largest absolute Gasteiger partial charge is 3.00 e. The Kier molecular flexibility index (Phi) is 15.5. The van der Waals surface area contributed by atoms with E-state index in [1.807, 2.05) is 128 Å². The Labute approximate surface area is 386 Å². The fourth-order valence-electron chi connectivity index (χ4n) is 6.54. The molecule has 0 atom stereocenters. The van der Waals surface area contributed by atoms with Crippen molar-refractivity contribution in [2.24, 2.45) is 0 Å². The third-order valence-electron chi connectivity index (χ3n) is 10.1. The van der Waals surface area contributed by atoms with E-state index in [4.69, 9.17) is 15.0 Å². The Morgan fingerprint density at radius 2 is 0.746 bits per heavy atom. The molecule has 312 valence electrons. The van der Waals surface area contributed by atoms with Gasteiger partial charge in [0.1, 0.15) is 0 Å². The average molecular weight is 997 g/mol. The Morgan fingerprint density at radius 1 is 0.365 bits per heavy atom. The van der Waals surface area contributed by atoms with E-state index in [1.165, 1.54) is 11.1 Å². The van der Waals surface area contributed by atoms with Crippen LogP contribution < -0.4 is 0 Å². The topological polar surface area (TPSA) is 64.5 Å². The summed E-state index contributed by atoms with van der Waals surface area (Å²) in [5.74, 6) is 0.661. The van der Waals surface area contributed by atoms with E-state index in [0.29, 0.717) is 5.82 Å². The molecule has 63 heavy (non-hydrogen) atoms. The molecule has 0 bridgehead atoms. The second-order valence-corrected chi connectivity index (χ2v) is 16.8. The van der Waals surface area contributed by atoms with Gasteiger partial charge in [-0.2, -0.15) is 0 Å². The number of pyridine rings is 3. The van der Waals surface area contributed by atoms with Crippen LogP contribution in [0.1, 0.15) is 52.7 Å². The van der Waals surface area contributed by atoms with Crippen molar-refractivity contribution in [3.63, 3.8) is 0 Å². The van der Waals surface area contributed by atoms with E-state index in [2.05, 4.69) is 124 Å². The minimum Gasteiger partial charge on any atom is -0.305 e. The summed E-state index contributed by atoms with van der Waals surface area (Å²) in [7, 11) is 0. The van der Waals surface area contributed by atoms with Crippen LogP contribution in [0.2, 0.25) is 0 Å². The number of hydrogen-bond donors (Lipinski definition) is 0. The van der Waals surface area contributed by atoms with Gasteiger partial charge in [-0.05, 0) is 57.2 Å². The van der Waals surface area contributed by atoms with Crippen molar-refractivity contribution in [2.75, 3.05) is 0 Å². The maximum absolute atomic E-state index is 4.99. The van der Waals surface area contributed by atoms with Crippen LogP contribution >= 0.6 is 0 Å².